The molecule has 1 aliphatic heterocycles. The number of carbonyl (C=O) groups is 2. The molecule has 142 valence electrons. The first-order valence-corrected chi connectivity index (χ1v) is 9.63. The van der Waals surface area contributed by atoms with E-state index in [1.807, 2.05) is 36.4 Å². The molecule has 1 saturated heterocycles. The lowest BCUT2D eigenvalue weighted by Gasteiger charge is -2.34. The molecule has 0 spiro atoms. The van der Waals surface area contributed by atoms with Crippen molar-refractivity contribution in [3.8, 4) is 0 Å². The van der Waals surface area contributed by atoms with E-state index in [1.54, 1.807) is 0 Å². The number of urea groups is 1. The third-order valence-corrected chi connectivity index (χ3v) is 5.38. The number of hydrogen-bond acceptors (Lipinski definition) is 2. The summed E-state index contributed by atoms with van der Waals surface area (Å²) in [6.45, 7) is 1.86. The first kappa shape index (κ1) is 19.1. The van der Waals surface area contributed by atoms with Crippen LogP contribution in [-0.2, 0) is 11.2 Å². The van der Waals surface area contributed by atoms with Crippen molar-refractivity contribution in [1.29, 1.82) is 0 Å². The summed E-state index contributed by atoms with van der Waals surface area (Å²) in [5, 5.41) is 4.93. The zero-order valence-electron chi connectivity index (χ0n) is 15.8. The normalized spacial score (nSPS) is 20.5. The van der Waals surface area contributed by atoms with Crippen molar-refractivity contribution in [2.24, 2.45) is 5.92 Å². The molecule has 2 aromatic rings. The number of amides is 3. The third-order valence-electron chi connectivity index (χ3n) is 5.38. The number of piperidine rings is 1. The fraction of sp³-hybridized carbons (Fsp3) is 0.364. The van der Waals surface area contributed by atoms with E-state index in [9.17, 15) is 9.59 Å². The van der Waals surface area contributed by atoms with Gasteiger partial charge in [0, 0.05) is 12.6 Å². The van der Waals surface area contributed by atoms with Crippen LogP contribution in [0.15, 0.2) is 60.7 Å². The number of hydrogen-bond donors (Lipinski definition) is 3. The van der Waals surface area contributed by atoms with Crippen LogP contribution >= 0.6 is 0 Å². The summed E-state index contributed by atoms with van der Waals surface area (Å²) >= 11 is 0. The van der Waals surface area contributed by atoms with Gasteiger partial charge in [0.1, 0.15) is 0 Å². The zero-order valence-corrected chi connectivity index (χ0v) is 15.8. The molecule has 0 saturated carbocycles. The summed E-state index contributed by atoms with van der Waals surface area (Å²) in [5.74, 6) is 0.409. The molecule has 1 heterocycles. The van der Waals surface area contributed by atoms with Gasteiger partial charge in [0.15, 0.2) is 6.04 Å². The standard InChI is InChI=1S/C22H27N3O2/c1-23-22(27)24-21(26)20(19-10-6-3-7-11-19)25-14-12-18(13-15-25)16-17-8-4-2-5-9-17/h2-11,18,20H,12-16H2,1H3,(H2,23,24,26,27)/p+1/t20-/m0/s1. The first-order valence-electron chi connectivity index (χ1n) is 9.63. The molecule has 2 aromatic carbocycles. The van der Waals surface area contributed by atoms with Crippen molar-refractivity contribution in [1.82, 2.24) is 10.6 Å². The molecule has 5 nitrogen and oxygen atoms in total. The number of carbonyl (C=O) groups excluding carboxylic acids is 2. The molecule has 3 amide bonds. The van der Waals surface area contributed by atoms with Crippen molar-refractivity contribution in [3.05, 3.63) is 71.8 Å². The lowest BCUT2D eigenvalue weighted by atomic mass is 9.89. The van der Waals surface area contributed by atoms with Crippen LogP contribution in [0, 0.1) is 5.92 Å². The minimum Gasteiger partial charge on any atom is -0.341 e. The summed E-state index contributed by atoms with van der Waals surface area (Å²) in [6, 6.07) is 19.5. The van der Waals surface area contributed by atoms with Crippen LogP contribution in [0.4, 0.5) is 4.79 Å². The smallest absolute Gasteiger partial charge is 0.321 e. The van der Waals surface area contributed by atoms with Crippen LogP contribution in [0.2, 0.25) is 0 Å². The Bertz CT molecular complexity index is 741. The van der Waals surface area contributed by atoms with E-state index in [-0.39, 0.29) is 11.9 Å². The first-order chi connectivity index (χ1) is 13.2. The number of rotatable bonds is 5. The SMILES string of the molecule is CNC(=O)NC(=O)[C@H](c1ccccc1)[NH+]1CCC(Cc2ccccc2)CC1. The molecule has 0 aromatic heterocycles. The van der Waals surface area contributed by atoms with E-state index in [4.69, 9.17) is 0 Å². The summed E-state index contributed by atoms with van der Waals surface area (Å²) in [4.78, 5) is 25.7. The van der Waals surface area contributed by atoms with Crippen molar-refractivity contribution >= 4 is 11.9 Å². The van der Waals surface area contributed by atoms with E-state index < -0.39 is 6.03 Å². The highest BCUT2D eigenvalue weighted by atomic mass is 16.2. The minimum atomic E-state index is -0.459. The van der Waals surface area contributed by atoms with E-state index in [1.165, 1.54) is 17.5 Å². The van der Waals surface area contributed by atoms with Crippen molar-refractivity contribution in [2.45, 2.75) is 25.3 Å². The number of benzene rings is 2. The van der Waals surface area contributed by atoms with Crippen LogP contribution in [0.25, 0.3) is 0 Å². The van der Waals surface area contributed by atoms with Gasteiger partial charge in [0.2, 0.25) is 0 Å². The molecule has 27 heavy (non-hydrogen) atoms. The highest BCUT2D eigenvalue weighted by Crippen LogP contribution is 2.18. The van der Waals surface area contributed by atoms with Crippen molar-refractivity contribution < 1.29 is 14.5 Å². The molecule has 3 rings (SSSR count). The third kappa shape index (κ3) is 5.17. The second-order valence-corrected chi connectivity index (χ2v) is 7.20. The Hall–Kier alpha value is -2.66. The number of likely N-dealkylation sites (tertiary alicyclic amines) is 1. The average molecular weight is 366 g/mol. The van der Waals surface area contributed by atoms with Gasteiger partial charge >= 0.3 is 6.03 Å². The molecule has 3 N–H and O–H groups in total. The van der Waals surface area contributed by atoms with Gasteiger partial charge < -0.3 is 10.2 Å². The van der Waals surface area contributed by atoms with Gasteiger partial charge in [-0.3, -0.25) is 10.1 Å². The minimum absolute atomic E-state index is 0.239. The number of nitrogens with one attached hydrogen (secondary N) is 3. The predicted octanol–water partition coefficient (Wildman–Crippen LogP) is 1.72. The van der Waals surface area contributed by atoms with Gasteiger partial charge in [0.05, 0.1) is 13.1 Å². The number of quaternary nitrogens is 1. The van der Waals surface area contributed by atoms with Crippen molar-refractivity contribution in [3.63, 3.8) is 0 Å². The molecule has 5 heteroatoms. The molecular formula is C22H28N3O2+. The maximum absolute atomic E-state index is 12.8. The van der Waals surface area contributed by atoms with Crippen LogP contribution in [0.1, 0.15) is 30.0 Å². The Morgan fingerprint density at radius 2 is 1.59 bits per heavy atom. The Morgan fingerprint density at radius 3 is 2.19 bits per heavy atom. The van der Waals surface area contributed by atoms with E-state index in [0.717, 1.165) is 37.9 Å². The second kappa shape index (κ2) is 9.33. The van der Waals surface area contributed by atoms with Gasteiger partial charge in [-0.15, -0.1) is 0 Å². The molecule has 0 radical (unpaired) electrons. The molecule has 1 aliphatic rings. The highest BCUT2D eigenvalue weighted by Gasteiger charge is 2.35. The molecule has 0 unspecified atom stereocenters. The molecule has 1 atom stereocenters. The van der Waals surface area contributed by atoms with Crippen LogP contribution in [0.5, 0.6) is 0 Å². The summed E-state index contributed by atoms with van der Waals surface area (Å²) in [7, 11) is 1.52. The fourth-order valence-electron chi connectivity index (χ4n) is 3.95. The maximum Gasteiger partial charge on any atom is 0.321 e. The Balaban J connectivity index is 1.67. The highest BCUT2D eigenvalue weighted by molar-refractivity contribution is 5.96. The molecule has 0 aliphatic carbocycles. The Morgan fingerprint density at radius 1 is 1.00 bits per heavy atom. The maximum atomic E-state index is 12.8. The number of imide groups is 1. The monoisotopic (exact) mass is 366 g/mol. The van der Waals surface area contributed by atoms with Crippen LogP contribution in [0.3, 0.4) is 0 Å². The fourth-order valence-corrected chi connectivity index (χ4v) is 3.95. The molecular weight excluding hydrogens is 338 g/mol. The van der Waals surface area contributed by atoms with E-state index in [2.05, 4.69) is 34.9 Å². The Labute approximate surface area is 160 Å². The van der Waals surface area contributed by atoms with Crippen molar-refractivity contribution in [2.75, 3.05) is 20.1 Å². The van der Waals surface area contributed by atoms with Gasteiger partial charge in [-0.25, -0.2) is 4.79 Å². The average Bonchev–Trinajstić information content (AvgIpc) is 2.71. The summed E-state index contributed by atoms with van der Waals surface area (Å²) in [6.07, 6.45) is 3.26. The van der Waals surface area contributed by atoms with Gasteiger partial charge in [-0.1, -0.05) is 60.7 Å². The lowest BCUT2D eigenvalue weighted by Crippen LogP contribution is -3.14. The summed E-state index contributed by atoms with van der Waals surface area (Å²) in [5.41, 5.74) is 2.33. The summed E-state index contributed by atoms with van der Waals surface area (Å²) < 4.78 is 0. The Kier molecular flexibility index (Phi) is 6.60. The quantitative estimate of drug-likeness (QED) is 0.755. The molecule has 1 fully saturated rings. The van der Waals surface area contributed by atoms with Crippen LogP contribution < -0.4 is 15.5 Å². The largest absolute Gasteiger partial charge is 0.341 e. The molecule has 0 bridgehead atoms. The second-order valence-electron chi connectivity index (χ2n) is 7.20. The zero-order chi connectivity index (χ0) is 19.1. The van der Waals surface area contributed by atoms with E-state index >= 15 is 0 Å². The van der Waals surface area contributed by atoms with Gasteiger partial charge in [-0.2, -0.15) is 0 Å². The van der Waals surface area contributed by atoms with Gasteiger partial charge in [0.25, 0.3) is 5.91 Å². The lowest BCUT2D eigenvalue weighted by molar-refractivity contribution is -0.927. The predicted molar refractivity (Wildman–Crippen MR) is 105 cm³/mol. The van der Waals surface area contributed by atoms with Gasteiger partial charge in [-0.05, 0) is 30.7 Å². The van der Waals surface area contributed by atoms with E-state index in [0.29, 0.717) is 5.92 Å². The van der Waals surface area contributed by atoms with Crippen LogP contribution in [-0.4, -0.2) is 32.1 Å². The topological polar surface area (TPSA) is 62.6 Å².